The lowest BCUT2D eigenvalue weighted by Crippen LogP contribution is -2.31. The van der Waals surface area contributed by atoms with Crippen molar-refractivity contribution in [3.63, 3.8) is 0 Å². The van der Waals surface area contributed by atoms with Crippen molar-refractivity contribution in [1.29, 1.82) is 0 Å². The minimum Gasteiger partial charge on any atom is -0.453 e. The highest BCUT2D eigenvalue weighted by Crippen LogP contribution is 2.22. The maximum atomic E-state index is 12.8. The van der Waals surface area contributed by atoms with Crippen LogP contribution in [0, 0.1) is 0 Å². The van der Waals surface area contributed by atoms with Gasteiger partial charge in [0.05, 0.1) is 11.4 Å². The highest BCUT2D eigenvalue weighted by Gasteiger charge is 2.25. The average Bonchev–Trinajstić information content (AvgIpc) is 2.97. The Labute approximate surface area is 170 Å². The standard InChI is InChI=1S/C22H24N2O4S/c25-20(22-15-17-7-3-4-8-21(17)28-22)16-23-18-9-11-19(12-10-18)29(26,27)24-13-5-1-2-6-14-24/h3-4,7-12,15,23H,1-2,5-6,13-14,16H2. The summed E-state index contributed by atoms with van der Waals surface area (Å²) in [5.41, 5.74) is 1.36. The third-order valence-corrected chi connectivity index (χ3v) is 7.12. The normalized spacial score (nSPS) is 15.9. The van der Waals surface area contributed by atoms with Crippen molar-refractivity contribution >= 4 is 32.5 Å². The second kappa shape index (κ2) is 8.39. The molecule has 1 aliphatic heterocycles. The van der Waals surface area contributed by atoms with Crippen LogP contribution in [-0.4, -0.2) is 38.1 Å². The quantitative estimate of drug-likeness (QED) is 0.611. The van der Waals surface area contributed by atoms with Gasteiger partial charge in [-0.05, 0) is 49.2 Å². The van der Waals surface area contributed by atoms with Crippen molar-refractivity contribution in [2.75, 3.05) is 25.0 Å². The summed E-state index contributed by atoms with van der Waals surface area (Å²) in [4.78, 5) is 12.7. The minimum absolute atomic E-state index is 0.0675. The molecule has 6 nitrogen and oxygen atoms in total. The molecule has 0 radical (unpaired) electrons. The number of benzene rings is 2. The highest BCUT2D eigenvalue weighted by molar-refractivity contribution is 7.89. The molecule has 1 aromatic heterocycles. The van der Waals surface area contributed by atoms with Crippen molar-refractivity contribution in [1.82, 2.24) is 4.31 Å². The van der Waals surface area contributed by atoms with E-state index in [2.05, 4.69) is 5.32 Å². The molecule has 1 N–H and O–H groups in total. The Bertz CT molecular complexity index is 1060. The van der Waals surface area contributed by atoms with Crippen molar-refractivity contribution in [2.24, 2.45) is 0 Å². The Morgan fingerprint density at radius 1 is 0.966 bits per heavy atom. The van der Waals surface area contributed by atoms with Crippen LogP contribution in [0.2, 0.25) is 0 Å². The van der Waals surface area contributed by atoms with Gasteiger partial charge in [-0.15, -0.1) is 0 Å². The van der Waals surface area contributed by atoms with Crippen LogP contribution in [0.15, 0.2) is 63.9 Å². The highest BCUT2D eigenvalue weighted by atomic mass is 32.2. The molecule has 152 valence electrons. The molecular formula is C22H24N2O4S. The summed E-state index contributed by atoms with van der Waals surface area (Å²) in [6.45, 7) is 1.22. The molecule has 4 rings (SSSR count). The number of anilines is 1. The van der Waals surface area contributed by atoms with Crippen LogP contribution in [0.3, 0.4) is 0 Å². The van der Waals surface area contributed by atoms with Crippen LogP contribution in [-0.2, 0) is 10.0 Å². The molecule has 3 aromatic rings. The zero-order valence-electron chi connectivity index (χ0n) is 16.1. The smallest absolute Gasteiger partial charge is 0.243 e. The Hall–Kier alpha value is -2.64. The Kier molecular flexibility index (Phi) is 5.69. The minimum atomic E-state index is -3.47. The molecule has 0 unspecified atom stereocenters. The molecule has 0 spiro atoms. The number of carbonyl (C=O) groups excluding carboxylic acids is 1. The van der Waals surface area contributed by atoms with E-state index in [0.29, 0.717) is 30.1 Å². The zero-order chi connectivity index (χ0) is 20.3. The van der Waals surface area contributed by atoms with Gasteiger partial charge < -0.3 is 9.73 Å². The largest absolute Gasteiger partial charge is 0.453 e. The molecule has 1 aliphatic rings. The van der Waals surface area contributed by atoms with Crippen LogP contribution >= 0.6 is 0 Å². The maximum absolute atomic E-state index is 12.8. The van der Waals surface area contributed by atoms with Crippen molar-refractivity contribution in [3.05, 3.63) is 60.4 Å². The average molecular weight is 413 g/mol. The summed E-state index contributed by atoms with van der Waals surface area (Å²) in [7, 11) is -3.47. The SMILES string of the molecule is O=C(CNc1ccc(S(=O)(=O)N2CCCCCC2)cc1)c1cc2ccccc2o1. The van der Waals surface area contributed by atoms with Gasteiger partial charge >= 0.3 is 0 Å². The number of Topliss-reactive ketones (excluding diaryl/α,β-unsaturated/α-hetero) is 1. The fourth-order valence-corrected chi connectivity index (χ4v) is 5.08. The summed E-state index contributed by atoms with van der Waals surface area (Å²) in [6.07, 6.45) is 3.97. The molecule has 2 heterocycles. The van der Waals surface area contributed by atoms with E-state index in [1.807, 2.05) is 24.3 Å². The van der Waals surface area contributed by atoms with Gasteiger partial charge in [-0.1, -0.05) is 31.0 Å². The fourth-order valence-electron chi connectivity index (χ4n) is 3.56. The summed E-state index contributed by atoms with van der Waals surface area (Å²) >= 11 is 0. The van der Waals surface area contributed by atoms with Gasteiger partial charge in [0.15, 0.2) is 5.76 Å². The molecule has 0 amide bonds. The van der Waals surface area contributed by atoms with E-state index < -0.39 is 10.0 Å². The number of hydrogen-bond acceptors (Lipinski definition) is 5. The van der Waals surface area contributed by atoms with Crippen LogP contribution in [0.25, 0.3) is 11.0 Å². The Balaban J connectivity index is 1.40. The first-order valence-corrected chi connectivity index (χ1v) is 11.3. The number of nitrogens with zero attached hydrogens (tertiary/aromatic N) is 1. The fraction of sp³-hybridized carbons (Fsp3) is 0.318. The first-order valence-electron chi connectivity index (χ1n) is 9.90. The molecule has 0 saturated carbocycles. The van der Waals surface area contributed by atoms with E-state index in [0.717, 1.165) is 31.1 Å². The van der Waals surface area contributed by atoms with Crippen molar-refractivity contribution in [3.8, 4) is 0 Å². The Morgan fingerprint density at radius 3 is 2.34 bits per heavy atom. The van der Waals surface area contributed by atoms with Crippen LogP contribution < -0.4 is 5.32 Å². The number of sulfonamides is 1. The Morgan fingerprint density at radius 2 is 1.66 bits per heavy atom. The van der Waals surface area contributed by atoms with Gasteiger partial charge in [-0.2, -0.15) is 4.31 Å². The van der Waals surface area contributed by atoms with Gasteiger partial charge in [-0.25, -0.2) is 8.42 Å². The van der Waals surface area contributed by atoms with Gasteiger partial charge in [0, 0.05) is 24.2 Å². The van der Waals surface area contributed by atoms with E-state index >= 15 is 0 Å². The van der Waals surface area contributed by atoms with E-state index in [1.54, 1.807) is 34.6 Å². The molecule has 0 bridgehead atoms. The lowest BCUT2D eigenvalue weighted by Gasteiger charge is -2.20. The second-order valence-corrected chi connectivity index (χ2v) is 9.21. The first kappa shape index (κ1) is 19.7. The van der Waals surface area contributed by atoms with Crippen LogP contribution in [0.5, 0.6) is 0 Å². The molecule has 7 heteroatoms. The number of furan rings is 1. The number of ketones is 1. The van der Waals surface area contributed by atoms with Crippen LogP contribution in [0.1, 0.15) is 36.2 Å². The molecule has 1 saturated heterocycles. The van der Waals surface area contributed by atoms with Crippen LogP contribution in [0.4, 0.5) is 5.69 Å². The number of para-hydroxylation sites is 1. The summed E-state index contributed by atoms with van der Waals surface area (Å²) in [5, 5.41) is 3.93. The third kappa shape index (κ3) is 4.36. The van der Waals surface area contributed by atoms with Gasteiger partial charge in [0.1, 0.15) is 5.58 Å². The monoisotopic (exact) mass is 412 g/mol. The number of carbonyl (C=O) groups is 1. The van der Waals surface area contributed by atoms with Crippen molar-refractivity contribution < 1.29 is 17.6 Å². The van der Waals surface area contributed by atoms with E-state index in [-0.39, 0.29) is 17.2 Å². The predicted molar refractivity (Wildman–Crippen MR) is 113 cm³/mol. The molecule has 29 heavy (non-hydrogen) atoms. The lowest BCUT2D eigenvalue weighted by molar-refractivity contribution is 0.0982. The molecule has 0 aliphatic carbocycles. The second-order valence-electron chi connectivity index (χ2n) is 7.27. The molecule has 1 fully saturated rings. The molecule has 0 atom stereocenters. The maximum Gasteiger partial charge on any atom is 0.243 e. The van der Waals surface area contributed by atoms with E-state index in [4.69, 9.17) is 4.42 Å². The van der Waals surface area contributed by atoms with Gasteiger partial charge in [0.2, 0.25) is 15.8 Å². The summed E-state index contributed by atoms with van der Waals surface area (Å²) < 4.78 is 32.8. The topological polar surface area (TPSA) is 79.6 Å². The molecule has 2 aromatic carbocycles. The van der Waals surface area contributed by atoms with E-state index in [9.17, 15) is 13.2 Å². The number of fused-ring (bicyclic) bond motifs is 1. The number of nitrogens with one attached hydrogen (secondary N) is 1. The number of hydrogen-bond donors (Lipinski definition) is 1. The summed E-state index contributed by atoms with van der Waals surface area (Å²) in [6, 6.07) is 15.8. The first-order chi connectivity index (χ1) is 14.0. The zero-order valence-corrected chi connectivity index (χ0v) is 17.0. The molecular weight excluding hydrogens is 388 g/mol. The predicted octanol–water partition coefficient (Wildman–Crippen LogP) is 4.29. The summed E-state index contributed by atoms with van der Waals surface area (Å²) in [5.74, 6) is 0.140. The van der Waals surface area contributed by atoms with Gasteiger partial charge in [-0.3, -0.25) is 4.79 Å². The lowest BCUT2D eigenvalue weighted by atomic mass is 10.2. The van der Waals surface area contributed by atoms with Gasteiger partial charge in [0.25, 0.3) is 0 Å². The third-order valence-electron chi connectivity index (χ3n) is 5.21. The van der Waals surface area contributed by atoms with Crippen molar-refractivity contribution in [2.45, 2.75) is 30.6 Å². The number of rotatable bonds is 6. The van der Waals surface area contributed by atoms with E-state index in [1.165, 1.54) is 0 Å².